The number of likely N-dealkylation sites (tertiary alicyclic amines) is 1. The van der Waals surface area contributed by atoms with E-state index in [0.29, 0.717) is 6.42 Å². The van der Waals surface area contributed by atoms with E-state index in [2.05, 4.69) is 30.3 Å². The van der Waals surface area contributed by atoms with Crippen molar-refractivity contribution in [2.75, 3.05) is 27.2 Å². The van der Waals surface area contributed by atoms with Gasteiger partial charge in [-0.15, -0.1) is 10.2 Å². The highest BCUT2D eigenvalue weighted by Crippen LogP contribution is 2.26. The monoisotopic (exact) mass is 358 g/mol. The number of carbonyl (C=O) groups excluding carboxylic acids is 1. The fourth-order valence-electron chi connectivity index (χ4n) is 3.72. The van der Waals surface area contributed by atoms with E-state index < -0.39 is 0 Å². The zero-order valence-corrected chi connectivity index (χ0v) is 16.4. The lowest BCUT2D eigenvalue weighted by molar-refractivity contribution is -0.132. The van der Waals surface area contributed by atoms with Gasteiger partial charge in [-0.25, -0.2) is 0 Å². The Labute approximate surface area is 155 Å². The average molecular weight is 358 g/mol. The predicted octanol–water partition coefficient (Wildman–Crippen LogP) is 1.55. The van der Waals surface area contributed by atoms with Gasteiger partial charge in [0.2, 0.25) is 5.91 Å². The number of hydrogen-bond donors (Lipinski definition) is 0. The molecule has 0 bridgehead atoms. The van der Waals surface area contributed by atoms with Crippen LogP contribution in [0.25, 0.3) is 0 Å². The maximum absolute atomic E-state index is 12.7. The SMILES string of the molecule is CN(C)Cc1nnc([C@H]2CCCN(C(=O)CCc3cccn3C)C2)n1C. The summed E-state index contributed by atoms with van der Waals surface area (Å²) in [6, 6.07) is 4.11. The normalized spacial score (nSPS) is 17.9. The van der Waals surface area contributed by atoms with Gasteiger partial charge in [0.25, 0.3) is 0 Å². The number of aryl methyl sites for hydroxylation is 2. The summed E-state index contributed by atoms with van der Waals surface area (Å²) < 4.78 is 4.18. The zero-order valence-electron chi connectivity index (χ0n) is 16.4. The van der Waals surface area contributed by atoms with E-state index in [1.54, 1.807) is 0 Å². The summed E-state index contributed by atoms with van der Waals surface area (Å²) in [7, 11) is 8.12. The molecule has 1 fully saturated rings. The molecule has 2 aromatic heterocycles. The van der Waals surface area contributed by atoms with Crippen LogP contribution >= 0.6 is 0 Å². The van der Waals surface area contributed by atoms with Crippen molar-refractivity contribution < 1.29 is 4.79 Å². The second kappa shape index (κ2) is 8.03. The molecule has 3 rings (SSSR count). The van der Waals surface area contributed by atoms with Crippen molar-refractivity contribution in [3.63, 3.8) is 0 Å². The van der Waals surface area contributed by atoms with E-state index in [-0.39, 0.29) is 11.8 Å². The maximum atomic E-state index is 12.7. The van der Waals surface area contributed by atoms with E-state index in [1.807, 2.05) is 45.4 Å². The van der Waals surface area contributed by atoms with E-state index in [4.69, 9.17) is 0 Å². The van der Waals surface area contributed by atoms with Crippen LogP contribution in [0, 0.1) is 0 Å². The Bertz CT molecular complexity index is 747. The van der Waals surface area contributed by atoms with Gasteiger partial charge in [0.05, 0.1) is 6.54 Å². The summed E-state index contributed by atoms with van der Waals surface area (Å²) in [6.45, 7) is 2.38. The van der Waals surface area contributed by atoms with Crippen LogP contribution in [0.5, 0.6) is 0 Å². The molecule has 7 heteroatoms. The number of piperidine rings is 1. The molecule has 0 unspecified atom stereocenters. The molecule has 3 heterocycles. The molecule has 7 nitrogen and oxygen atoms in total. The van der Waals surface area contributed by atoms with Crippen LogP contribution in [0.1, 0.15) is 42.5 Å². The Kier molecular flexibility index (Phi) is 5.76. The predicted molar refractivity (Wildman–Crippen MR) is 101 cm³/mol. The van der Waals surface area contributed by atoms with Gasteiger partial charge < -0.3 is 18.9 Å². The van der Waals surface area contributed by atoms with Crippen molar-refractivity contribution in [2.24, 2.45) is 14.1 Å². The molecule has 2 aromatic rings. The Balaban J connectivity index is 1.61. The quantitative estimate of drug-likeness (QED) is 0.786. The first-order valence-electron chi connectivity index (χ1n) is 9.36. The molecule has 0 N–H and O–H groups in total. The highest BCUT2D eigenvalue weighted by Gasteiger charge is 2.28. The zero-order chi connectivity index (χ0) is 18.7. The first-order valence-corrected chi connectivity index (χ1v) is 9.36. The van der Waals surface area contributed by atoms with Gasteiger partial charge in [0.1, 0.15) is 11.6 Å². The highest BCUT2D eigenvalue weighted by molar-refractivity contribution is 5.76. The third-order valence-electron chi connectivity index (χ3n) is 5.24. The van der Waals surface area contributed by atoms with Gasteiger partial charge in [0.15, 0.2) is 0 Å². The molecule has 0 aliphatic carbocycles. The van der Waals surface area contributed by atoms with Gasteiger partial charge >= 0.3 is 0 Å². The van der Waals surface area contributed by atoms with Crippen molar-refractivity contribution >= 4 is 5.91 Å². The molecule has 26 heavy (non-hydrogen) atoms. The van der Waals surface area contributed by atoms with Crippen LogP contribution in [0.4, 0.5) is 0 Å². The lowest BCUT2D eigenvalue weighted by Gasteiger charge is -2.32. The van der Waals surface area contributed by atoms with Gasteiger partial charge in [-0.1, -0.05) is 0 Å². The van der Waals surface area contributed by atoms with Crippen molar-refractivity contribution in [2.45, 2.75) is 38.1 Å². The number of nitrogens with zero attached hydrogens (tertiary/aromatic N) is 6. The van der Waals surface area contributed by atoms with Gasteiger partial charge in [-0.05, 0) is 45.5 Å². The van der Waals surface area contributed by atoms with Crippen molar-refractivity contribution in [1.82, 2.24) is 29.1 Å². The number of rotatable bonds is 6. The minimum atomic E-state index is 0.242. The number of amides is 1. The molecular weight excluding hydrogens is 328 g/mol. The summed E-state index contributed by atoms with van der Waals surface area (Å²) in [5.41, 5.74) is 1.20. The summed E-state index contributed by atoms with van der Waals surface area (Å²) in [4.78, 5) is 16.8. The molecule has 1 aliphatic heterocycles. The summed E-state index contributed by atoms with van der Waals surface area (Å²) >= 11 is 0. The van der Waals surface area contributed by atoms with Crippen LogP contribution in [-0.2, 0) is 31.9 Å². The first-order chi connectivity index (χ1) is 12.5. The molecule has 0 aromatic carbocycles. The third-order valence-corrected chi connectivity index (χ3v) is 5.24. The molecule has 1 aliphatic rings. The molecule has 1 atom stereocenters. The van der Waals surface area contributed by atoms with Crippen molar-refractivity contribution in [3.05, 3.63) is 35.7 Å². The molecule has 0 spiro atoms. The standard InChI is InChI=1S/C19H30N6O/c1-22(2)14-17-20-21-19(24(17)4)15-7-5-12-25(13-15)18(26)10-9-16-8-6-11-23(16)3/h6,8,11,15H,5,7,9-10,12-14H2,1-4H3/t15-/m0/s1. The molecule has 1 amide bonds. The summed E-state index contributed by atoms with van der Waals surface area (Å²) in [5, 5.41) is 8.78. The fraction of sp³-hybridized carbons (Fsp3) is 0.632. The lowest BCUT2D eigenvalue weighted by Crippen LogP contribution is -2.39. The number of hydrogen-bond acceptors (Lipinski definition) is 4. The van der Waals surface area contributed by atoms with Crippen molar-refractivity contribution in [3.8, 4) is 0 Å². The molecule has 1 saturated heterocycles. The third kappa shape index (κ3) is 4.15. The minimum Gasteiger partial charge on any atom is -0.354 e. The molecule has 0 radical (unpaired) electrons. The second-order valence-electron chi connectivity index (χ2n) is 7.56. The number of carbonyl (C=O) groups is 1. The van der Waals surface area contributed by atoms with E-state index in [9.17, 15) is 4.79 Å². The molecule has 0 saturated carbocycles. The van der Waals surface area contributed by atoms with E-state index >= 15 is 0 Å². The lowest BCUT2D eigenvalue weighted by atomic mass is 9.96. The first kappa shape index (κ1) is 18.6. The smallest absolute Gasteiger partial charge is 0.222 e. The topological polar surface area (TPSA) is 59.2 Å². The second-order valence-corrected chi connectivity index (χ2v) is 7.56. The number of aromatic nitrogens is 4. The maximum Gasteiger partial charge on any atom is 0.222 e. The van der Waals surface area contributed by atoms with Crippen molar-refractivity contribution in [1.29, 1.82) is 0 Å². The van der Waals surface area contributed by atoms with Gasteiger partial charge in [-0.2, -0.15) is 0 Å². The summed E-state index contributed by atoms with van der Waals surface area (Å²) in [6.07, 6.45) is 5.47. The van der Waals surface area contributed by atoms with Crippen LogP contribution in [-0.4, -0.2) is 62.2 Å². The summed E-state index contributed by atoms with van der Waals surface area (Å²) in [5.74, 6) is 2.49. The Morgan fingerprint density at radius 1 is 1.31 bits per heavy atom. The Morgan fingerprint density at radius 3 is 2.81 bits per heavy atom. The molecular formula is C19H30N6O. The Hall–Kier alpha value is -2.15. The van der Waals surface area contributed by atoms with E-state index in [1.165, 1.54) is 5.69 Å². The van der Waals surface area contributed by atoms with Crippen LogP contribution in [0.2, 0.25) is 0 Å². The van der Waals surface area contributed by atoms with E-state index in [0.717, 1.165) is 50.5 Å². The Morgan fingerprint density at radius 2 is 2.12 bits per heavy atom. The van der Waals surface area contributed by atoms with Crippen LogP contribution in [0.15, 0.2) is 18.3 Å². The van der Waals surface area contributed by atoms with Crippen LogP contribution in [0.3, 0.4) is 0 Å². The highest BCUT2D eigenvalue weighted by atomic mass is 16.2. The van der Waals surface area contributed by atoms with Gasteiger partial charge in [-0.3, -0.25) is 4.79 Å². The minimum absolute atomic E-state index is 0.242. The molecule has 142 valence electrons. The largest absolute Gasteiger partial charge is 0.354 e. The fourth-order valence-corrected chi connectivity index (χ4v) is 3.72. The average Bonchev–Trinajstić information content (AvgIpc) is 3.18. The van der Waals surface area contributed by atoms with Gasteiger partial charge in [0, 0.05) is 51.4 Å². The van der Waals surface area contributed by atoms with Crippen LogP contribution < -0.4 is 0 Å².